The van der Waals surface area contributed by atoms with Crippen molar-refractivity contribution in [2.75, 3.05) is 5.32 Å². The predicted molar refractivity (Wildman–Crippen MR) is 81.0 cm³/mol. The number of nitrogens with zero attached hydrogens (tertiary/aromatic N) is 2. The van der Waals surface area contributed by atoms with Crippen LogP contribution >= 0.6 is 0 Å². The molecule has 4 fully saturated rings. The Morgan fingerprint density at radius 1 is 1.24 bits per heavy atom. The maximum absolute atomic E-state index is 12.3. The lowest BCUT2D eigenvalue weighted by atomic mass is 9.53. The summed E-state index contributed by atoms with van der Waals surface area (Å²) in [7, 11) is 1.89. The molecule has 4 saturated carbocycles. The average Bonchev–Trinajstić information content (AvgIpc) is 2.64. The number of hydrogen-bond acceptors (Lipinski definition) is 2. The van der Waals surface area contributed by atoms with Crippen molar-refractivity contribution in [3.8, 4) is 0 Å². The van der Waals surface area contributed by atoms with Crippen molar-refractivity contribution in [3.05, 3.63) is 11.8 Å². The molecule has 1 aromatic heterocycles. The lowest BCUT2D eigenvalue weighted by Gasteiger charge is -2.56. The number of carbonyl (C=O) groups excluding carboxylic acids is 1. The van der Waals surface area contributed by atoms with Crippen LogP contribution in [0.2, 0.25) is 0 Å². The van der Waals surface area contributed by atoms with Gasteiger partial charge in [0.25, 0.3) is 0 Å². The van der Waals surface area contributed by atoms with Gasteiger partial charge in [-0.1, -0.05) is 0 Å². The van der Waals surface area contributed by atoms with Gasteiger partial charge in [0.1, 0.15) is 0 Å². The van der Waals surface area contributed by atoms with Gasteiger partial charge in [-0.05, 0) is 63.2 Å². The summed E-state index contributed by atoms with van der Waals surface area (Å²) in [6.07, 6.45) is 7.70. The van der Waals surface area contributed by atoms with Gasteiger partial charge in [-0.25, -0.2) is 4.79 Å². The summed E-state index contributed by atoms with van der Waals surface area (Å²) in [5, 5.41) is 10.5. The van der Waals surface area contributed by atoms with Gasteiger partial charge < -0.3 is 5.32 Å². The summed E-state index contributed by atoms with van der Waals surface area (Å²) in [6, 6.07) is 1.81. The Kier molecular flexibility index (Phi) is 2.81. The van der Waals surface area contributed by atoms with Crippen LogP contribution in [-0.4, -0.2) is 21.4 Å². The lowest BCUT2D eigenvalue weighted by molar-refractivity contribution is -0.0127. The molecule has 0 spiro atoms. The van der Waals surface area contributed by atoms with Crippen LogP contribution in [0.5, 0.6) is 0 Å². The second-order valence-electron chi connectivity index (χ2n) is 7.57. The van der Waals surface area contributed by atoms with Crippen LogP contribution in [0.3, 0.4) is 0 Å². The van der Waals surface area contributed by atoms with Crippen molar-refractivity contribution in [1.82, 2.24) is 15.1 Å². The third-order valence-electron chi connectivity index (χ3n) is 5.77. The van der Waals surface area contributed by atoms with Gasteiger partial charge in [0.2, 0.25) is 0 Å². The number of aromatic nitrogens is 2. The Bertz CT molecular complexity index is 522. The first-order valence-electron chi connectivity index (χ1n) is 8.11. The van der Waals surface area contributed by atoms with Crippen molar-refractivity contribution in [2.24, 2.45) is 24.8 Å². The summed E-state index contributed by atoms with van der Waals surface area (Å²) in [5.41, 5.74) is 1.10. The molecule has 1 heterocycles. The molecule has 2 N–H and O–H groups in total. The molecule has 0 aromatic carbocycles. The van der Waals surface area contributed by atoms with Gasteiger partial charge >= 0.3 is 6.03 Å². The highest BCUT2D eigenvalue weighted by Gasteiger charge is 2.51. The molecule has 4 aliphatic carbocycles. The van der Waals surface area contributed by atoms with Crippen LogP contribution in [0.4, 0.5) is 10.6 Å². The van der Waals surface area contributed by atoms with Gasteiger partial charge in [0.05, 0.1) is 0 Å². The predicted octanol–water partition coefficient (Wildman–Crippen LogP) is 2.82. The zero-order valence-electron chi connectivity index (χ0n) is 12.9. The molecule has 0 unspecified atom stereocenters. The number of anilines is 1. The molecule has 4 aliphatic rings. The van der Waals surface area contributed by atoms with Crippen molar-refractivity contribution >= 4 is 11.8 Å². The third kappa shape index (κ3) is 2.32. The molecule has 0 saturated heterocycles. The fourth-order valence-corrected chi connectivity index (χ4v) is 5.27. The quantitative estimate of drug-likeness (QED) is 0.879. The molecule has 1 aromatic rings. The van der Waals surface area contributed by atoms with E-state index in [1.54, 1.807) is 4.68 Å². The molecule has 0 atom stereocenters. The van der Waals surface area contributed by atoms with E-state index >= 15 is 0 Å². The minimum absolute atomic E-state index is 0.0582. The lowest BCUT2D eigenvalue weighted by Crippen LogP contribution is -2.60. The van der Waals surface area contributed by atoms with Gasteiger partial charge in [-0.15, -0.1) is 0 Å². The molecule has 114 valence electrons. The molecule has 5 heteroatoms. The largest absolute Gasteiger partial charge is 0.332 e. The van der Waals surface area contributed by atoms with E-state index in [-0.39, 0.29) is 11.6 Å². The van der Waals surface area contributed by atoms with E-state index in [9.17, 15) is 4.79 Å². The summed E-state index contributed by atoms with van der Waals surface area (Å²) in [4.78, 5) is 12.3. The first-order valence-corrected chi connectivity index (χ1v) is 8.11. The second-order valence-corrected chi connectivity index (χ2v) is 7.57. The Balaban J connectivity index is 1.44. The molecule has 5 rings (SSSR count). The highest BCUT2D eigenvalue weighted by molar-refractivity contribution is 5.88. The molecule has 0 radical (unpaired) electrons. The van der Waals surface area contributed by atoms with E-state index in [2.05, 4.69) is 15.7 Å². The normalized spacial score (nSPS) is 36.8. The number of amides is 2. The third-order valence-corrected chi connectivity index (χ3v) is 5.77. The summed E-state index contributed by atoms with van der Waals surface area (Å²) in [5.74, 6) is 3.16. The first-order chi connectivity index (χ1) is 10.0. The van der Waals surface area contributed by atoms with Crippen LogP contribution in [0.25, 0.3) is 0 Å². The SMILES string of the molecule is Cc1cc(NC(=O)NC23CC4CC(CC(C4)C2)C3)nn1C. The van der Waals surface area contributed by atoms with Crippen LogP contribution in [0, 0.1) is 24.7 Å². The van der Waals surface area contributed by atoms with Gasteiger partial charge in [-0.2, -0.15) is 5.10 Å². The molecule has 0 aliphatic heterocycles. The molecular weight excluding hydrogens is 264 g/mol. The van der Waals surface area contributed by atoms with Crippen LogP contribution in [-0.2, 0) is 7.05 Å². The fourth-order valence-electron chi connectivity index (χ4n) is 5.27. The summed E-state index contributed by atoms with van der Waals surface area (Å²) < 4.78 is 1.78. The smallest absolute Gasteiger partial charge is 0.320 e. The standard InChI is InChI=1S/C16H24N4O/c1-10-3-14(19-20(10)2)17-15(21)18-16-7-11-4-12(8-16)6-13(5-11)9-16/h3,11-13H,4-9H2,1-2H3,(H2,17,18,19,21). The van der Waals surface area contributed by atoms with Crippen molar-refractivity contribution in [1.29, 1.82) is 0 Å². The van der Waals surface area contributed by atoms with Gasteiger partial charge in [0, 0.05) is 24.3 Å². The van der Waals surface area contributed by atoms with Crippen LogP contribution in [0.1, 0.15) is 44.2 Å². The van der Waals surface area contributed by atoms with Crippen LogP contribution in [0.15, 0.2) is 6.07 Å². The summed E-state index contributed by atoms with van der Waals surface area (Å²) in [6.45, 7) is 1.98. The zero-order chi connectivity index (χ0) is 14.6. The molecule has 4 bridgehead atoms. The molecular formula is C16H24N4O. The maximum Gasteiger partial charge on any atom is 0.320 e. The van der Waals surface area contributed by atoms with Gasteiger partial charge in [0.15, 0.2) is 5.82 Å². The first kappa shape index (κ1) is 13.2. The van der Waals surface area contributed by atoms with E-state index in [4.69, 9.17) is 0 Å². The number of aryl methyl sites for hydroxylation is 2. The summed E-state index contributed by atoms with van der Waals surface area (Å²) >= 11 is 0. The number of nitrogens with one attached hydrogen (secondary N) is 2. The van der Waals surface area contributed by atoms with Crippen molar-refractivity contribution in [2.45, 2.75) is 51.0 Å². The van der Waals surface area contributed by atoms with Crippen molar-refractivity contribution in [3.63, 3.8) is 0 Å². The fraction of sp³-hybridized carbons (Fsp3) is 0.750. The van der Waals surface area contributed by atoms with E-state index in [0.717, 1.165) is 23.4 Å². The number of urea groups is 1. The van der Waals surface area contributed by atoms with Crippen molar-refractivity contribution < 1.29 is 4.79 Å². The Labute approximate surface area is 125 Å². The number of rotatable bonds is 2. The van der Waals surface area contributed by atoms with E-state index in [0.29, 0.717) is 5.82 Å². The average molecular weight is 288 g/mol. The Morgan fingerprint density at radius 3 is 2.29 bits per heavy atom. The Morgan fingerprint density at radius 2 is 1.81 bits per heavy atom. The highest BCUT2D eigenvalue weighted by atomic mass is 16.2. The number of carbonyl (C=O) groups is 1. The minimum atomic E-state index is -0.0879. The molecule has 5 nitrogen and oxygen atoms in total. The second kappa shape index (κ2) is 4.49. The molecule has 21 heavy (non-hydrogen) atoms. The highest BCUT2D eigenvalue weighted by Crippen LogP contribution is 2.55. The van der Waals surface area contributed by atoms with E-state index in [1.165, 1.54) is 38.5 Å². The van der Waals surface area contributed by atoms with Gasteiger partial charge in [-0.3, -0.25) is 10.00 Å². The topological polar surface area (TPSA) is 59.0 Å². The molecule has 2 amide bonds. The Hall–Kier alpha value is -1.52. The minimum Gasteiger partial charge on any atom is -0.332 e. The zero-order valence-corrected chi connectivity index (χ0v) is 12.9. The van der Waals surface area contributed by atoms with Crippen LogP contribution < -0.4 is 10.6 Å². The van der Waals surface area contributed by atoms with E-state index in [1.807, 2.05) is 20.0 Å². The number of hydrogen-bond donors (Lipinski definition) is 2. The monoisotopic (exact) mass is 288 g/mol. The maximum atomic E-state index is 12.3. The van der Waals surface area contributed by atoms with E-state index < -0.39 is 0 Å².